The Morgan fingerprint density at radius 3 is 2.76 bits per heavy atom. The monoisotopic (exact) mass is 424 g/mol. The number of thiazole rings is 2. The summed E-state index contributed by atoms with van der Waals surface area (Å²) in [6.07, 6.45) is 3.82. The van der Waals surface area contributed by atoms with Crippen molar-refractivity contribution >= 4 is 33.7 Å². The minimum Gasteiger partial charge on any atom is -0.302 e. The molecule has 1 amide bonds. The first kappa shape index (κ1) is 19.4. The predicted octanol–water partition coefficient (Wildman–Crippen LogP) is 4.49. The second-order valence-electron chi connectivity index (χ2n) is 6.57. The Hall–Kier alpha value is -2.91. The third-order valence-corrected chi connectivity index (χ3v) is 6.10. The number of aromatic nitrogens is 5. The third-order valence-electron chi connectivity index (χ3n) is 4.32. The normalized spacial score (nSPS) is 11.0. The Morgan fingerprint density at radius 1 is 1.21 bits per heavy atom. The quantitative estimate of drug-likeness (QED) is 0.455. The highest BCUT2D eigenvalue weighted by atomic mass is 32.1. The van der Waals surface area contributed by atoms with Crippen LogP contribution in [-0.2, 0) is 17.6 Å². The molecule has 4 rings (SSSR count). The molecule has 4 aromatic rings. The van der Waals surface area contributed by atoms with Crippen LogP contribution >= 0.6 is 22.7 Å². The van der Waals surface area contributed by atoms with Crippen LogP contribution in [0.2, 0.25) is 0 Å². The minimum atomic E-state index is -0.141. The summed E-state index contributed by atoms with van der Waals surface area (Å²) in [5, 5.41) is 12.7. The maximum atomic E-state index is 12.4. The highest BCUT2D eigenvalue weighted by Crippen LogP contribution is 2.31. The third kappa shape index (κ3) is 4.57. The van der Waals surface area contributed by atoms with Gasteiger partial charge in [0.15, 0.2) is 16.0 Å². The number of amides is 1. The Labute approximate surface area is 176 Å². The molecule has 0 aliphatic carbocycles. The summed E-state index contributed by atoms with van der Waals surface area (Å²) >= 11 is 2.91. The van der Waals surface area contributed by atoms with E-state index in [1.807, 2.05) is 12.3 Å². The van der Waals surface area contributed by atoms with Crippen molar-refractivity contribution in [3.05, 3.63) is 52.1 Å². The number of carbonyl (C=O) groups is 1. The smallest absolute Gasteiger partial charge is 0.232 e. The largest absolute Gasteiger partial charge is 0.302 e. The van der Waals surface area contributed by atoms with Gasteiger partial charge in [-0.3, -0.25) is 9.89 Å². The maximum absolute atomic E-state index is 12.4. The van der Waals surface area contributed by atoms with Gasteiger partial charge in [0.25, 0.3) is 0 Å². The summed E-state index contributed by atoms with van der Waals surface area (Å²) < 4.78 is 0. The zero-order valence-corrected chi connectivity index (χ0v) is 17.7. The lowest BCUT2D eigenvalue weighted by Gasteiger charge is -2.02. The van der Waals surface area contributed by atoms with Crippen LogP contribution in [0.15, 0.2) is 36.0 Å². The van der Waals surface area contributed by atoms with Crippen molar-refractivity contribution in [3.8, 4) is 22.1 Å². The number of anilines is 1. The van der Waals surface area contributed by atoms with E-state index >= 15 is 0 Å². The highest BCUT2D eigenvalue weighted by Gasteiger charge is 2.14. The van der Waals surface area contributed by atoms with Crippen molar-refractivity contribution in [2.24, 2.45) is 0 Å². The Morgan fingerprint density at radius 2 is 2.03 bits per heavy atom. The summed E-state index contributed by atoms with van der Waals surface area (Å²) in [5.74, 6) is 0.463. The van der Waals surface area contributed by atoms with Crippen molar-refractivity contribution < 1.29 is 4.79 Å². The minimum absolute atomic E-state index is 0.141. The molecular formula is C20H20N6OS2. The van der Waals surface area contributed by atoms with Crippen LogP contribution in [0.25, 0.3) is 22.1 Å². The predicted molar refractivity (Wildman–Crippen MR) is 116 cm³/mol. The van der Waals surface area contributed by atoms with E-state index in [-0.39, 0.29) is 12.3 Å². The van der Waals surface area contributed by atoms with E-state index in [2.05, 4.69) is 61.7 Å². The van der Waals surface area contributed by atoms with Gasteiger partial charge in [0.05, 0.1) is 17.8 Å². The molecule has 0 fully saturated rings. The van der Waals surface area contributed by atoms with Gasteiger partial charge in [-0.15, -0.1) is 22.7 Å². The van der Waals surface area contributed by atoms with Gasteiger partial charge in [-0.1, -0.05) is 37.6 Å². The number of aryl methyl sites for hydroxylation is 2. The SMILES string of the molecule is CCCc1ccc(-c2nc(NC(=O)Cc3csc(-c4ncn[nH]4)n3)sc2C)cc1. The number of rotatable bonds is 7. The van der Waals surface area contributed by atoms with Gasteiger partial charge >= 0.3 is 0 Å². The van der Waals surface area contributed by atoms with Gasteiger partial charge in [0.2, 0.25) is 5.91 Å². The number of carbonyl (C=O) groups excluding carboxylic acids is 1. The first-order valence-electron chi connectivity index (χ1n) is 9.29. The van der Waals surface area contributed by atoms with Crippen molar-refractivity contribution in [3.63, 3.8) is 0 Å². The molecule has 0 spiro atoms. The van der Waals surface area contributed by atoms with Crippen LogP contribution in [0.5, 0.6) is 0 Å². The van der Waals surface area contributed by atoms with E-state index in [0.717, 1.165) is 29.0 Å². The fourth-order valence-electron chi connectivity index (χ4n) is 2.97. The molecule has 29 heavy (non-hydrogen) atoms. The molecule has 0 radical (unpaired) electrons. The molecule has 0 bridgehead atoms. The molecule has 148 valence electrons. The lowest BCUT2D eigenvalue weighted by molar-refractivity contribution is -0.115. The molecule has 2 N–H and O–H groups in total. The van der Waals surface area contributed by atoms with Crippen LogP contribution in [0.1, 0.15) is 29.5 Å². The van der Waals surface area contributed by atoms with Crippen molar-refractivity contribution in [1.29, 1.82) is 0 Å². The van der Waals surface area contributed by atoms with E-state index in [0.29, 0.717) is 21.7 Å². The van der Waals surface area contributed by atoms with Crippen molar-refractivity contribution in [1.82, 2.24) is 25.1 Å². The molecule has 0 saturated heterocycles. The number of nitrogens with zero attached hydrogens (tertiary/aromatic N) is 4. The van der Waals surface area contributed by atoms with Crippen LogP contribution in [-0.4, -0.2) is 31.1 Å². The maximum Gasteiger partial charge on any atom is 0.232 e. The van der Waals surface area contributed by atoms with Crippen molar-refractivity contribution in [2.45, 2.75) is 33.1 Å². The molecule has 0 aliphatic heterocycles. The Bertz CT molecular complexity index is 1100. The average molecular weight is 425 g/mol. The van der Waals surface area contributed by atoms with Crippen LogP contribution < -0.4 is 5.32 Å². The molecule has 9 heteroatoms. The number of nitrogens with one attached hydrogen (secondary N) is 2. The molecule has 7 nitrogen and oxygen atoms in total. The van der Waals surface area contributed by atoms with Gasteiger partial charge in [-0.05, 0) is 18.9 Å². The fraction of sp³-hybridized carbons (Fsp3) is 0.250. The summed E-state index contributed by atoms with van der Waals surface area (Å²) in [6, 6.07) is 8.48. The Kier molecular flexibility index (Phi) is 5.77. The molecular weight excluding hydrogens is 404 g/mol. The van der Waals surface area contributed by atoms with Crippen LogP contribution in [0.4, 0.5) is 5.13 Å². The molecule has 3 heterocycles. The summed E-state index contributed by atoms with van der Waals surface area (Å²) in [6.45, 7) is 4.20. The van der Waals surface area contributed by atoms with E-state index in [1.165, 1.54) is 34.6 Å². The lowest BCUT2D eigenvalue weighted by Crippen LogP contribution is -2.14. The first-order valence-corrected chi connectivity index (χ1v) is 11.0. The van der Waals surface area contributed by atoms with E-state index in [9.17, 15) is 4.79 Å². The standard InChI is InChI=1S/C20H20N6OS2/c1-3-4-13-5-7-14(8-6-13)17-12(2)29-20(25-17)24-16(27)9-15-10-28-19(23-15)18-21-11-22-26-18/h5-8,10-11H,3-4,9H2,1-2H3,(H,21,22,26)(H,24,25,27). The topological polar surface area (TPSA) is 96.5 Å². The number of hydrogen-bond donors (Lipinski definition) is 2. The van der Waals surface area contributed by atoms with E-state index in [4.69, 9.17) is 0 Å². The summed E-state index contributed by atoms with van der Waals surface area (Å²) in [4.78, 5) is 26.6. The second kappa shape index (κ2) is 8.62. The van der Waals surface area contributed by atoms with E-state index in [1.54, 1.807) is 0 Å². The van der Waals surface area contributed by atoms with E-state index < -0.39 is 0 Å². The van der Waals surface area contributed by atoms with Gasteiger partial charge in [0.1, 0.15) is 6.33 Å². The molecule has 0 unspecified atom stereocenters. The zero-order valence-electron chi connectivity index (χ0n) is 16.1. The number of benzene rings is 1. The molecule has 0 saturated carbocycles. The van der Waals surface area contributed by atoms with Crippen LogP contribution in [0, 0.1) is 6.92 Å². The van der Waals surface area contributed by atoms with Gasteiger partial charge in [0, 0.05) is 15.8 Å². The zero-order chi connectivity index (χ0) is 20.2. The molecule has 0 aliphatic rings. The molecule has 0 atom stereocenters. The first-order chi connectivity index (χ1) is 14.1. The highest BCUT2D eigenvalue weighted by molar-refractivity contribution is 7.16. The number of hydrogen-bond acceptors (Lipinski definition) is 7. The van der Waals surface area contributed by atoms with Crippen molar-refractivity contribution in [2.75, 3.05) is 5.32 Å². The lowest BCUT2D eigenvalue weighted by atomic mass is 10.1. The summed E-state index contributed by atoms with van der Waals surface area (Å²) in [7, 11) is 0. The van der Waals surface area contributed by atoms with Gasteiger partial charge in [-0.2, -0.15) is 5.10 Å². The fourth-order valence-corrected chi connectivity index (χ4v) is 4.58. The van der Waals surface area contributed by atoms with Crippen LogP contribution in [0.3, 0.4) is 0 Å². The Balaban J connectivity index is 1.42. The summed E-state index contributed by atoms with van der Waals surface area (Å²) in [5.41, 5.74) is 3.99. The number of H-pyrrole nitrogens is 1. The molecule has 3 aromatic heterocycles. The number of aromatic amines is 1. The van der Waals surface area contributed by atoms with Gasteiger partial charge in [-0.25, -0.2) is 15.0 Å². The second-order valence-corrected chi connectivity index (χ2v) is 8.64. The average Bonchev–Trinajstić information content (AvgIpc) is 3.44. The molecule has 1 aromatic carbocycles. The van der Waals surface area contributed by atoms with Gasteiger partial charge < -0.3 is 5.32 Å².